The predicted octanol–water partition coefficient (Wildman–Crippen LogP) is 1.67. The van der Waals surface area contributed by atoms with E-state index in [1.165, 1.54) is 30.5 Å². The number of nitrogens with zero attached hydrogens (tertiary/aromatic N) is 1. The number of nitrogens with one attached hydrogen (secondary N) is 1. The van der Waals surface area contributed by atoms with E-state index in [2.05, 4.69) is 34.5 Å². The molecule has 1 N–H and O–H groups in total. The maximum Gasteiger partial charge on any atom is 0.0547 e. The summed E-state index contributed by atoms with van der Waals surface area (Å²) in [5.74, 6) is 0. The summed E-state index contributed by atoms with van der Waals surface area (Å²) in [7, 11) is 2.05. The smallest absolute Gasteiger partial charge is 0.0547 e. The van der Waals surface area contributed by atoms with Gasteiger partial charge in [0.25, 0.3) is 0 Å². The van der Waals surface area contributed by atoms with Gasteiger partial charge in [-0.1, -0.05) is 24.3 Å². The minimum atomic E-state index is 0.320. The maximum atomic E-state index is 5.66. The third kappa shape index (κ3) is 2.83. The highest BCUT2D eigenvalue weighted by Crippen LogP contribution is 2.31. The SMILES string of the molecule is CNCC1(CN2CCc3ccccc3C2)CCOC1. The molecule has 2 aliphatic rings. The quantitative estimate of drug-likeness (QED) is 0.891. The lowest BCUT2D eigenvalue weighted by Gasteiger charge is -2.36. The molecular formula is C16H24N2O. The van der Waals surface area contributed by atoms with E-state index in [1.54, 1.807) is 0 Å². The average Bonchev–Trinajstić information content (AvgIpc) is 2.87. The third-order valence-corrected chi connectivity index (χ3v) is 4.51. The Bertz CT molecular complexity index is 427. The molecule has 0 spiro atoms. The van der Waals surface area contributed by atoms with Crippen LogP contribution in [0.2, 0.25) is 0 Å². The molecule has 3 nitrogen and oxygen atoms in total. The molecule has 1 atom stereocenters. The van der Waals surface area contributed by atoms with Crippen molar-refractivity contribution < 1.29 is 4.74 Å². The number of hydrogen-bond acceptors (Lipinski definition) is 3. The van der Waals surface area contributed by atoms with Crippen molar-refractivity contribution in [1.29, 1.82) is 0 Å². The lowest BCUT2D eigenvalue weighted by Crippen LogP contribution is -2.45. The summed E-state index contributed by atoms with van der Waals surface area (Å²) < 4.78 is 5.66. The lowest BCUT2D eigenvalue weighted by molar-refractivity contribution is 0.103. The molecule has 1 unspecified atom stereocenters. The van der Waals surface area contributed by atoms with Gasteiger partial charge in [-0.2, -0.15) is 0 Å². The van der Waals surface area contributed by atoms with E-state index in [0.29, 0.717) is 5.41 Å². The van der Waals surface area contributed by atoms with E-state index in [-0.39, 0.29) is 0 Å². The molecule has 1 aromatic carbocycles. The summed E-state index contributed by atoms with van der Waals surface area (Å²) in [4.78, 5) is 2.61. The predicted molar refractivity (Wildman–Crippen MR) is 77.2 cm³/mol. The summed E-state index contributed by atoms with van der Waals surface area (Å²) in [5, 5.41) is 3.35. The summed E-state index contributed by atoms with van der Waals surface area (Å²) >= 11 is 0. The van der Waals surface area contributed by atoms with Gasteiger partial charge in [0.1, 0.15) is 0 Å². The summed E-state index contributed by atoms with van der Waals surface area (Å²) in [6.07, 6.45) is 2.37. The summed E-state index contributed by atoms with van der Waals surface area (Å²) in [6, 6.07) is 8.86. The number of hydrogen-bond donors (Lipinski definition) is 1. The first-order valence-corrected chi connectivity index (χ1v) is 7.33. The Morgan fingerprint density at radius 2 is 2.16 bits per heavy atom. The van der Waals surface area contributed by atoms with E-state index in [9.17, 15) is 0 Å². The Kier molecular flexibility index (Phi) is 3.87. The van der Waals surface area contributed by atoms with Crippen LogP contribution < -0.4 is 5.32 Å². The molecule has 0 bridgehead atoms. The molecule has 2 heterocycles. The first kappa shape index (κ1) is 13.1. The lowest BCUT2D eigenvalue weighted by atomic mass is 9.85. The van der Waals surface area contributed by atoms with Crippen molar-refractivity contribution in [3.8, 4) is 0 Å². The molecular weight excluding hydrogens is 236 g/mol. The molecule has 3 heteroatoms. The first-order chi connectivity index (χ1) is 9.31. The van der Waals surface area contributed by atoms with Gasteiger partial charge in [-0.15, -0.1) is 0 Å². The van der Waals surface area contributed by atoms with Crippen molar-refractivity contribution in [3.63, 3.8) is 0 Å². The van der Waals surface area contributed by atoms with Crippen molar-refractivity contribution in [1.82, 2.24) is 10.2 Å². The van der Waals surface area contributed by atoms with Gasteiger partial charge in [0, 0.05) is 38.2 Å². The molecule has 0 aromatic heterocycles. The Labute approximate surface area is 115 Å². The van der Waals surface area contributed by atoms with Gasteiger partial charge >= 0.3 is 0 Å². The largest absolute Gasteiger partial charge is 0.381 e. The molecule has 1 saturated heterocycles. The topological polar surface area (TPSA) is 24.5 Å². The van der Waals surface area contributed by atoms with Crippen molar-refractivity contribution in [2.75, 3.05) is 39.9 Å². The average molecular weight is 260 g/mol. The molecule has 0 aliphatic carbocycles. The van der Waals surface area contributed by atoms with Crippen LogP contribution >= 0.6 is 0 Å². The van der Waals surface area contributed by atoms with Gasteiger partial charge in [0.05, 0.1) is 6.61 Å². The van der Waals surface area contributed by atoms with Crippen LogP contribution in [0.3, 0.4) is 0 Å². The maximum absolute atomic E-state index is 5.66. The third-order valence-electron chi connectivity index (χ3n) is 4.51. The Morgan fingerprint density at radius 1 is 1.32 bits per heavy atom. The standard InChI is InChI=1S/C16H24N2O/c1-17-11-16(7-9-19-13-16)12-18-8-6-14-4-2-3-5-15(14)10-18/h2-5,17H,6-13H2,1H3. The van der Waals surface area contributed by atoms with Crippen molar-refractivity contribution in [2.45, 2.75) is 19.4 Å². The van der Waals surface area contributed by atoms with Gasteiger partial charge in [-0.05, 0) is 31.0 Å². The molecule has 0 radical (unpaired) electrons. The van der Waals surface area contributed by atoms with Gasteiger partial charge in [0.2, 0.25) is 0 Å². The van der Waals surface area contributed by atoms with E-state index in [1.807, 2.05) is 7.05 Å². The Balaban J connectivity index is 1.68. The fourth-order valence-electron chi connectivity index (χ4n) is 3.51. The number of rotatable bonds is 4. The fourth-order valence-corrected chi connectivity index (χ4v) is 3.51. The number of benzene rings is 1. The van der Waals surface area contributed by atoms with Gasteiger partial charge in [-0.25, -0.2) is 0 Å². The van der Waals surface area contributed by atoms with Crippen LogP contribution in [0.4, 0.5) is 0 Å². The number of ether oxygens (including phenoxy) is 1. The van der Waals surface area contributed by atoms with E-state index in [4.69, 9.17) is 4.74 Å². The van der Waals surface area contributed by atoms with Crippen LogP contribution in [0.5, 0.6) is 0 Å². The summed E-state index contributed by atoms with van der Waals surface area (Å²) in [5.41, 5.74) is 3.36. The van der Waals surface area contributed by atoms with Crippen LogP contribution in [0, 0.1) is 5.41 Å². The first-order valence-electron chi connectivity index (χ1n) is 7.33. The molecule has 1 fully saturated rings. The highest BCUT2D eigenvalue weighted by molar-refractivity contribution is 5.29. The van der Waals surface area contributed by atoms with Crippen LogP contribution in [-0.2, 0) is 17.7 Å². The van der Waals surface area contributed by atoms with Gasteiger partial charge in [-0.3, -0.25) is 4.90 Å². The zero-order chi connectivity index (χ0) is 13.1. The van der Waals surface area contributed by atoms with Gasteiger partial charge in [0.15, 0.2) is 0 Å². The van der Waals surface area contributed by atoms with Gasteiger partial charge < -0.3 is 10.1 Å². The molecule has 2 aliphatic heterocycles. The second-order valence-electron chi connectivity index (χ2n) is 6.06. The van der Waals surface area contributed by atoms with Crippen molar-refractivity contribution in [2.24, 2.45) is 5.41 Å². The van der Waals surface area contributed by atoms with Crippen LogP contribution in [0.25, 0.3) is 0 Å². The highest BCUT2D eigenvalue weighted by Gasteiger charge is 2.36. The minimum Gasteiger partial charge on any atom is -0.381 e. The monoisotopic (exact) mass is 260 g/mol. The normalized spacial score (nSPS) is 27.4. The fraction of sp³-hybridized carbons (Fsp3) is 0.625. The number of fused-ring (bicyclic) bond motifs is 1. The van der Waals surface area contributed by atoms with Crippen LogP contribution in [-0.4, -0.2) is 44.8 Å². The Morgan fingerprint density at radius 3 is 2.89 bits per heavy atom. The molecule has 0 saturated carbocycles. The van der Waals surface area contributed by atoms with E-state index in [0.717, 1.165) is 32.8 Å². The van der Waals surface area contributed by atoms with Crippen LogP contribution in [0.15, 0.2) is 24.3 Å². The van der Waals surface area contributed by atoms with Crippen molar-refractivity contribution in [3.05, 3.63) is 35.4 Å². The zero-order valence-electron chi connectivity index (χ0n) is 11.8. The van der Waals surface area contributed by atoms with Crippen molar-refractivity contribution >= 4 is 0 Å². The minimum absolute atomic E-state index is 0.320. The highest BCUT2D eigenvalue weighted by atomic mass is 16.5. The molecule has 104 valence electrons. The molecule has 3 rings (SSSR count). The second-order valence-corrected chi connectivity index (χ2v) is 6.06. The van der Waals surface area contributed by atoms with E-state index < -0.39 is 0 Å². The molecule has 0 amide bonds. The van der Waals surface area contributed by atoms with E-state index >= 15 is 0 Å². The molecule has 1 aromatic rings. The zero-order valence-corrected chi connectivity index (χ0v) is 11.8. The molecule has 19 heavy (non-hydrogen) atoms. The Hall–Kier alpha value is -0.900. The summed E-state index contributed by atoms with van der Waals surface area (Å²) in [6.45, 7) is 6.33. The second kappa shape index (κ2) is 5.61. The van der Waals surface area contributed by atoms with Crippen LogP contribution in [0.1, 0.15) is 17.5 Å².